The van der Waals surface area contributed by atoms with Crippen molar-refractivity contribution < 1.29 is 9.76 Å². The number of benzene rings is 1. The molecule has 0 aliphatic carbocycles. The van der Waals surface area contributed by atoms with Crippen molar-refractivity contribution in [2.75, 3.05) is 6.61 Å². The van der Waals surface area contributed by atoms with E-state index in [0.29, 0.717) is 10.0 Å². The van der Waals surface area contributed by atoms with Gasteiger partial charge in [-0.15, -0.1) is 0 Å². The summed E-state index contributed by atoms with van der Waals surface area (Å²) in [6.07, 6.45) is 0. The molecule has 0 aromatic heterocycles. The molecule has 0 aliphatic rings. The van der Waals surface area contributed by atoms with Crippen LogP contribution in [0.5, 0.6) is 0 Å². The maximum atomic E-state index is 10.9. The van der Waals surface area contributed by atoms with Crippen molar-refractivity contribution in [1.82, 2.24) is 0 Å². The van der Waals surface area contributed by atoms with Gasteiger partial charge in [0.2, 0.25) is 0 Å². The normalized spacial score (nSPS) is 11.5. The van der Waals surface area contributed by atoms with Gasteiger partial charge in [0.05, 0.1) is 11.5 Å². The van der Waals surface area contributed by atoms with Crippen molar-refractivity contribution in [2.45, 2.75) is 19.3 Å². The number of nitro benzene ring substituents is 1. The fraction of sp³-hybridized carbons (Fsp3) is 0.400. The van der Waals surface area contributed by atoms with Crippen molar-refractivity contribution in [1.29, 1.82) is 0 Å². The van der Waals surface area contributed by atoms with Gasteiger partial charge in [0.25, 0.3) is 5.69 Å². The van der Waals surface area contributed by atoms with Gasteiger partial charge in [-0.05, 0) is 6.07 Å². The molecule has 0 saturated carbocycles. The maximum Gasteiger partial charge on any atom is 0.274 e. The quantitative estimate of drug-likeness (QED) is 0.682. The summed E-state index contributed by atoms with van der Waals surface area (Å²) in [6.45, 7) is 3.90. The van der Waals surface area contributed by atoms with Gasteiger partial charge in [-0.25, -0.2) is 5.90 Å². The molecule has 5 nitrogen and oxygen atoms in total. The third-order valence-corrected chi connectivity index (χ3v) is 2.82. The molecule has 0 radical (unpaired) electrons. The lowest BCUT2D eigenvalue weighted by molar-refractivity contribution is -0.386. The van der Waals surface area contributed by atoms with Crippen molar-refractivity contribution in [3.8, 4) is 0 Å². The Morgan fingerprint density at radius 2 is 2.19 bits per heavy atom. The van der Waals surface area contributed by atoms with E-state index in [1.807, 2.05) is 13.8 Å². The molecule has 88 valence electrons. The number of nitrogens with two attached hydrogens (primary N) is 1. The summed E-state index contributed by atoms with van der Waals surface area (Å²) in [5, 5.41) is 10.9. The van der Waals surface area contributed by atoms with E-state index < -0.39 is 10.3 Å². The lowest BCUT2D eigenvalue weighted by atomic mass is 9.84. The first kappa shape index (κ1) is 13.1. The van der Waals surface area contributed by atoms with Crippen LogP contribution in [0.1, 0.15) is 19.4 Å². The number of nitrogens with zero attached hydrogens (tertiary/aromatic N) is 1. The van der Waals surface area contributed by atoms with E-state index in [-0.39, 0.29) is 12.3 Å². The summed E-state index contributed by atoms with van der Waals surface area (Å²) in [7, 11) is 0. The van der Waals surface area contributed by atoms with Gasteiger partial charge in [-0.1, -0.05) is 35.8 Å². The SMILES string of the molecule is CC(C)(CON)c1ccc(Br)cc1[N+](=O)[O-]. The predicted octanol–water partition coefficient (Wildman–Crippen LogP) is 2.53. The number of rotatable bonds is 4. The zero-order valence-electron chi connectivity index (χ0n) is 9.07. The van der Waals surface area contributed by atoms with E-state index in [4.69, 9.17) is 5.90 Å². The van der Waals surface area contributed by atoms with Gasteiger partial charge in [-0.2, -0.15) is 0 Å². The fourth-order valence-electron chi connectivity index (χ4n) is 1.51. The van der Waals surface area contributed by atoms with Gasteiger partial charge < -0.3 is 4.84 Å². The summed E-state index contributed by atoms with van der Waals surface area (Å²) in [5.74, 6) is 5.03. The Morgan fingerprint density at radius 1 is 1.56 bits per heavy atom. The van der Waals surface area contributed by atoms with Crippen LogP contribution in [0.3, 0.4) is 0 Å². The monoisotopic (exact) mass is 288 g/mol. The molecule has 1 aromatic carbocycles. The summed E-state index contributed by atoms with van der Waals surface area (Å²) in [4.78, 5) is 15.1. The number of halogens is 1. The van der Waals surface area contributed by atoms with Crippen LogP contribution in [-0.2, 0) is 10.3 Å². The van der Waals surface area contributed by atoms with Crippen LogP contribution in [0.4, 0.5) is 5.69 Å². The van der Waals surface area contributed by atoms with Crippen LogP contribution < -0.4 is 5.90 Å². The Hall–Kier alpha value is -0.980. The molecule has 0 amide bonds. The second kappa shape index (κ2) is 4.90. The summed E-state index contributed by atoms with van der Waals surface area (Å²) in [6, 6.07) is 4.95. The maximum absolute atomic E-state index is 10.9. The molecule has 0 bridgehead atoms. The Labute approximate surface area is 102 Å². The highest BCUT2D eigenvalue weighted by atomic mass is 79.9. The molecule has 0 heterocycles. The topological polar surface area (TPSA) is 78.4 Å². The Bertz CT molecular complexity index is 407. The molecule has 0 aliphatic heterocycles. The van der Waals surface area contributed by atoms with Gasteiger partial charge in [-0.3, -0.25) is 10.1 Å². The molecule has 1 rings (SSSR count). The van der Waals surface area contributed by atoms with E-state index in [2.05, 4.69) is 20.8 Å². The average Bonchev–Trinajstić information content (AvgIpc) is 2.16. The summed E-state index contributed by atoms with van der Waals surface area (Å²) >= 11 is 3.21. The standard InChI is InChI=1S/C10H13BrN2O3/c1-10(2,6-16-12)8-4-3-7(11)5-9(8)13(14)15/h3-5H,6,12H2,1-2H3. The van der Waals surface area contributed by atoms with Crippen LogP contribution >= 0.6 is 15.9 Å². The highest BCUT2D eigenvalue weighted by Crippen LogP contribution is 2.33. The van der Waals surface area contributed by atoms with Gasteiger partial charge in [0.15, 0.2) is 0 Å². The first-order chi connectivity index (χ1) is 7.38. The van der Waals surface area contributed by atoms with Gasteiger partial charge in [0.1, 0.15) is 0 Å². The third kappa shape index (κ3) is 2.78. The van der Waals surface area contributed by atoms with Crippen LogP contribution in [-0.4, -0.2) is 11.5 Å². The van der Waals surface area contributed by atoms with E-state index in [1.165, 1.54) is 6.07 Å². The molecule has 0 fully saturated rings. The summed E-state index contributed by atoms with van der Waals surface area (Å²) < 4.78 is 0.674. The first-order valence-corrected chi connectivity index (χ1v) is 5.44. The van der Waals surface area contributed by atoms with Crippen molar-refractivity contribution in [2.24, 2.45) is 5.90 Å². The second-order valence-electron chi connectivity index (χ2n) is 4.11. The van der Waals surface area contributed by atoms with Crippen LogP contribution in [0.15, 0.2) is 22.7 Å². The number of hydrogen-bond donors (Lipinski definition) is 1. The van der Waals surface area contributed by atoms with E-state index >= 15 is 0 Å². The zero-order chi connectivity index (χ0) is 12.3. The Balaban J connectivity index is 3.27. The molecule has 0 spiro atoms. The van der Waals surface area contributed by atoms with Crippen LogP contribution in [0, 0.1) is 10.1 Å². The van der Waals surface area contributed by atoms with Gasteiger partial charge in [0, 0.05) is 21.5 Å². The predicted molar refractivity (Wildman–Crippen MR) is 64.0 cm³/mol. The van der Waals surface area contributed by atoms with Crippen LogP contribution in [0.25, 0.3) is 0 Å². The first-order valence-electron chi connectivity index (χ1n) is 4.64. The number of nitro groups is 1. The minimum Gasteiger partial charge on any atom is -0.304 e. The second-order valence-corrected chi connectivity index (χ2v) is 5.03. The molecular weight excluding hydrogens is 276 g/mol. The third-order valence-electron chi connectivity index (χ3n) is 2.33. The van der Waals surface area contributed by atoms with E-state index in [9.17, 15) is 10.1 Å². The average molecular weight is 289 g/mol. The Kier molecular flexibility index (Phi) is 4.01. The van der Waals surface area contributed by atoms with Crippen molar-refractivity contribution in [3.05, 3.63) is 38.3 Å². The fourth-order valence-corrected chi connectivity index (χ4v) is 1.86. The van der Waals surface area contributed by atoms with Crippen molar-refractivity contribution in [3.63, 3.8) is 0 Å². The lowest BCUT2D eigenvalue weighted by Gasteiger charge is -2.23. The molecule has 16 heavy (non-hydrogen) atoms. The molecule has 0 atom stereocenters. The Morgan fingerprint density at radius 3 is 2.69 bits per heavy atom. The highest BCUT2D eigenvalue weighted by molar-refractivity contribution is 9.10. The smallest absolute Gasteiger partial charge is 0.274 e. The summed E-state index contributed by atoms with van der Waals surface area (Å²) in [5.41, 5.74) is 0.167. The zero-order valence-corrected chi connectivity index (χ0v) is 10.7. The minimum atomic E-state index is -0.502. The van der Waals surface area contributed by atoms with E-state index in [1.54, 1.807) is 12.1 Å². The minimum absolute atomic E-state index is 0.0661. The molecule has 1 aromatic rings. The number of hydrogen-bond acceptors (Lipinski definition) is 4. The van der Waals surface area contributed by atoms with Crippen LogP contribution in [0.2, 0.25) is 0 Å². The molecule has 2 N–H and O–H groups in total. The molecule has 0 saturated heterocycles. The van der Waals surface area contributed by atoms with E-state index in [0.717, 1.165) is 0 Å². The lowest BCUT2D eigenvalue weighted by Crippen LogP contribution is -2.27. The largest absolute Gasteiger partial charge is 0.304 e. The molecular formula is C10H13BrN2O3. The molecule has 6 heteroatoms. The van der Waals surface area contributed by atoms with Gasteiger partial charge >= 0.3 is 0 Å². The van der Waals surface area contributed by atoms with Crippen molar-refractivity contribution >= 4 is 21.6 Å². The molecule has 0 unspecified atom stereocenters. The highest BCUT2D eigenvalue weighted by Gasteiger charge is 2.29.